The van der Waals surface area contributed by atoms with E-state index in [1.165, 1.54) is 10.6 Å². The van der Waals surface area contributed by atoms with Crippen LogP contribution in [0.4, 0.5) is 14.7 Å². The Morgan fingerprint density at radius 1 is 1.15 bits per heavy atom. The zero-order valence-corrected chi connectivity index (χ0v) is 10.6. The molecule has 1 heterocycles. The summed E-state index contributed by atoms with van der Waals surface area (Å²) in [5.74, 6) is -0.646. The summed E-state index contributed by atoms with van der Waals surface area (Å²) in [7, 11) is 1.56. The second-order valence-electron chi connectivity index (χ2n) is 4.26. The van der Waals surface area contributed by atoms with Crippen LogP contribution in [0.2, 0.25) is 0 Å². The molecule has 0 atom stereocenters. The van der Waals surface area contributed by atoms with E-state index in [2.05, 4.69) is 4.98 Å². The van der Waals surface area contributed by atoms with Crippen LogP contribution in [-0.4, -0.2) is 16.7 Å². The zero-order chi connectivity index (χ0) is 14.3. The molecular formula is C14H11F2N3O. The summed E-state index contributed by atoms with van der Waals surface area (Å²) in [6.07, 6.45) is 0. The van der Waals surface area contributed by atoms with E-state index in [-0.39, 0.29) is 17.0 Å². The van der Waals surface area contributed by atoms with Crippen LogP contribution in [0.15, 0.2) is 36.4 Å². The summed E-state index contributed by atoms with van der Waals surface area (Å²) < 4.78 is 33.6. The molecule has 0 saturated heterocycles. The third-order valence-corrected chi connectivity index (χ3v) is 3.04. The van der Waals surface area contributed by atoms with Gasteiger partial charge in [-0.2, -0.15) is 0 Å². The molecule has 0 fully saturated rings. The number of hydrogen-bond acceptors (Lipinski definition) is 3. The second kappa shape index (κ2) is 4.48. The number of fused-ring (bicyclic) bond motifs is 1. The van der Waals surface area contributed by atoms with E-state index >= 15 is 0 Å². The molecule has 102 valence electrons. The van der Waals surface area contributed by atoms with Gasteiger partial charge in [0.1, 0.15) is 17.1 Å². The van der Waals surface area contributed by atoms with Crippen molar-refractivity contribution >= 4 is 17.0 Å². The van der Waals surface area contributed by atoms with E-state index in [1.807, 2.05) is 0 Å². The van der Waals surface area contributed by atoms with Crippen molar-refractivity contribution in [1.29, 1.82) is 0 Å². The van der Waals surface area contributed by atoms with Crippen molar-refractivity contribution in [1.82, 2.24) is 9.55 Å². The summed E-state index contributed by atoms with van der Waals surface area (Å²) in [6, 6.07) is 8.92. The summed E-state index contributed by atoms with van der Waals surface area (Å²) in [6.45, 7) is 0. The van der Waals surface area contributed by atoms with Gasteiger partial charge in [-0.3, -0.25) is 4.57 Å². The third kappa shape index (κ3) is 1.85. The molecule has 0 aliphatic carbocycles. The predicted octanol–water partition coefficient (Wildman–Crippen LogP) is 2.89. The number of rotatable bonds is 2. The molecule has 0 aliphatic heterocycles. The molecule has 3 aromatic rings. The summed E-state index contributed by atoms with van der Waals surface area (Å²) in [5, 5.41) is 0. The quantitative estimate of drug-likeness (QED) is 0.782. The van der Waals surface area contributed by atoms with Crippen LogP contribution in [-0.2, 0) is 0 Å². The average molecular weight is 275 g/mol. The number of nitrogens with two attached hydrogens (primary N) is 1. The predicted molar refractivity (Wildman–Crippen MR) is 72.0 cm³/mol. The number of nitrogen functional groups attached to an aromatic ring is 1. The van der Waals surface area contributed by atoms with Gasteiger partial charge in [0.2, 0.25) is 5.95 Å². The first-order chi connectivity index (χ1) is 9.60. The molecule has 0 bridgehead atoms. The van der Waals surface area contributed by atoms with Crippen LogP contribution >= 0.6 is 0 Å². The normalized spacial score (nSPS) is 10.9. The first kappa shape index (κ1) is 12.4. The van der Waals surface area contributed by atoms with E-state index in [4.69, 9.17) is 10.5 Å². The van der Waals surface area contributed by atoms with Crippen molar-refractivity contribution in [3.63, 3.8) is 0 Å². The Hall–Kier alpha value is -2.63. The SMILES string of the molecule is COc1ccc(-n2c(N)nc3c(F)cc(F)cc32)cc1. The maximum atomic E-state index is 13.7. The Kier molecular flexibility index (Phi) is 2.78. The van der Waals surface area contributed by atoms with Crippen molar-refractivity contribution in [3.05, 3.63) is 48.0 Å². The van der Waals surface area contributed by atoms with Crippen molar-refractivity contribution in [2.45, 2.75) is 0 Å². The van der Waals surface area contributed by atoms with Crippen molar-refractivity contribution in [2.75, 3.05) is 12.8 Å². The maximum absolute atomic E-state index is 13.7. The number of ether oxygens (including phenoxy) is 1. The highest BCUT2D eigenvalue weighted by molar-refractivity contribution is 5.81. The van der Waals surface area contributed by atoms with Crippen molar-refractivity contribution < 1.29 is 13.5 Å². The highest BCUT2D eigenvalue weighted by atomic mass is 19.1. The van der Waals surface area contributed by atoms with Crippen LogP contribution in [0.1, 0.15) is 0 Å². The molecule has 0 spiro atoms. The van der Waals surface area contributed by atoms with Gasteiger partial charge in [-0.1, -0.05) is 0 Å². The van der Waals surface area contributed by atoms with Gasteiger partial charge in [0, 0.05) is 17.8 Å². The van der Waals surface area contributed by atoms with E-state index in [1.54, 1.807) is 31.4 Å². The first-order valence-corrected chi connectivity index (χ1v) is 5.87. The molecule has 4 nitrogen and oxygen atoms in total. The summed E-state index contributed by atoms with van der Waals surface area (Å²) >= 11 is 0. The number of benzene rings is 2. The molecule has 3 rings (SSSR count). The van der Waals surface area contributed by atoms with Crippen molar-refractivity contribution in [2.24, 2.45) is 0 Å². The zero-order valence-electron chi connectivity index (χ0n) is 10.6. The number of imidazole rings is 1. The molecule has 0 radical (unpaired) electrons. The number of nitrogens with zero attached hydrogens (tertiary/aromatic N) is 2. The van der Waals surface area contributed by atoms with Gasteiger partial charge in [0.15, 0.2) is 5.82 Å². The maximum Gasteiger partial charge on any atom is 0.206 e. The third-order valence-electron chi connectivity index (χ3n) is 3.04. The monoisotopic (exact) mass is 275 g/mol. The van der Waals surface area contributed by atoms with E-state index < -0.39 is 11.6 Å². The summed E-state index contributed by atoms with van der Waals surface area (Å²) in [5.41, 5.74) is 6.78. The lowest BCUT2D eigenvalue weighted by Gasteiger charge is -2.07. The highest BCUT2D eigenvalue weighted by Gasteiger charge is 2.15. The Bertz CT molecular complexity index is 781. The molecule has 2 N–H and O–H groups in total. The molecule has 0 amide bonds. The number of methoxy groups -OCH3 is 1. The van der Waals surface area contributed by atoms with Gasteiger partial charge in [0.05, 0.1) is 12.6 Å². The van der Waals surface area contributed by atoms with Crippen molar-refractivity contribution in [3.8, 4) is 11.4 Å². The molecule has 1 aromatic heterocycles. The lowest BCUT2D eigenvalue weighted by atomic mass is 10.2. The molecule has 6 heteroatoms. The molecule has 2 aromatic carbocycles. The van der Waals surface area contributed by atoms with Gasteiger partial charge in [-0.05, 0) is 24.3 Å². The Balaban J connectivity index is 2.26. The Morgan fingerprint density at radius 2 is 1.85 bits per heavy atom. The minimum atomic E-state index is -0.737. The molecule has 0 unspecified atom stereocenters. The minimum absolute atomic E-state index is 0.0414. The van der Waals surface area contributed by atoms with Crippen LogP contribution in [0, 0.1) is 11.6 Å². The van der Waals surface area contributed by atoms with Gasteiger partial charge in [-0.25, -0.2) is 13.8 Å². The van der Waals surface area contributed by atoms with Crippen LogP contribution in [0.3, 0.4) is 0 Å². The Morgan fingerprint density at radius 3 is 2.50 bits per heavy atom. The molecule has 0 saturated carbocycles. The minimum Gasteiger partial charge on any atom is -0.497 e. The fraction of sp³-hybridized carbons (Fsp3) is 0.0714. The fourth-order valence-electron chi connectivity index (χ4n) is 2.12. The molecular weight excluding hydrogens is 264 g/mol. The average Bonchev–Trinajstić information content (AvgIpc) is 2.76. The Labute approximate surface area is 113 Å². The second-order valence-corrected chi connectivity index (χ2v) is 4.26. The van der Waals surface area contributed by atoms with Gasteiger partial charge in [0.25, 0.3) is 0 Å². The standard InChI is InChI=1S/C14H11F2N3O/c1-20-10-4-2-9(3-5-10)19-12-7-8(15)6-11(16)13(12)18-14(19)17/h2-7H,1H3,(H2,17,18). The number of halogens is 2. The number of anilines is 1. The summed E-state index contributed by atoms with van der Waals surface area (Å²) in [4.78, 5) is 3.94. The van der Waals surface area contributed by atoms with Crippen LogP contribution < -0.4 is 10.5 Å². The number of aromatic nitrogens is 2. The topological polar surface area (TPSA) is 53.1 Å². The lowest BCUT2D eigenvalue weighted by Crippen LogP contribution is -2.00. The van der Waals surface area contributed by atoms with E-state index in [9.17, 15) is 8.78 Å². The molecule has 20 heavy (non-hydrogen) atoms. The van der Waals surface area contributed by atoms with Crippen LogP contribution in [0.25, 0.3) is 16.7 Å². The van der Waals surface area contributed by atoms with Gasteiger partial charge < -0.3 is 10.5 Å². The molecule has 0 aliphatic rings. The van der Waals surface area contributed by atoms with Gasteiger partial charge >= 0.3 is 0 Å². The van der Waals surface area contributed by atoms with E-state index in [0.29, 0.717) is 11.4 Å². The smallest absolute Gasteiger partial charge is 0.206 e. The lowest BCUT2D eigenvalue weighted by molar-refractivity contribution is 0.415. The van der Waals surface area contributed by atoms with Crippen LogP contribution in [0.5, 0.6) is 5.75 Å². The van der Waals surface area contributed by atoms with Gasteiger partial charge in [-0.15, -0.1) is 0 Å². The number of hydrogen-bond donors (Lipinski definition) is 1. The fourth-order valence-corrected chi connectivity index (χ4v) is 2.12. The highest BCUT2D eigenvalue weighted by Crippen LogP contribution is 2.26. The largest absolute Gasteiger partial charge is 0.497 e. The van der Waals surface area contributed by atoms with E-state index in [0.717, 1.165) is 6.07 Å². The first-order valence-electron chi connectivity index (χ1n) is 5.87.